The number of nitrogens with one attached hydrogen (secondary N) is 2. The third-order valence-electron chi connectivity index (χ3n) is 7.87. The number of anilines is 2. The zero-order chi connectivity index (χ0) is 27.0. The van der Waals surface area contributed by atoms with Gasteiger partial charge in [0.25, 0.3) is 0 Å². The largest absolute Gasteiger partial charge is 0.469 e. The summed E-state index contributed by atoms with van der Waals surface area (Å²) < 4.78 is 4.78. The highest BCUT2D eigenvalue weighted by molar-refractivity contribution is 5.96. The molecule has 0 amide bonds. The van der Waals surface area contributed by atoms with Crippen molar-refractivity contribution in [3.8, 4) is 0 Å². The lowest BCUT2D eigenvalue weighted by Gasteiger charge is -2.21. The number of esters is 1. The minimum absolute atomic E-state index is 0.191. The number of hydrogen-bond donors (Lipinski definition) is 2. The van der Waals surface area contributed by atoms with Crippen molar-refractivity contribution in [1.82, 2.24) is 10.3 Å². The van der Waals surface area contributed by atoms with Gasteiger partial charge in [-0.1, -0.05) is 42.5 Å². The molecule has 204 valence electrons. The molecule has 1 aliphatic heterocycles. The molecule has 1 aromatic heterocycles. The van der Waals surface area contributed by atoms with Crippen LogP contribution in [0.2, 0.25) is 0 Å². The SMILES string of the molecule is COC(=O)CCc1ccc(Nc2nc3ccccc3c(C)c2N=C(CC2CN2)C2CCC/C=C\CCC2)cc1. The molecule has 2 aromatic carbocycles. The highest BCUT2D eigenvalue weighted by Crippen LogP contribution is 2.37. The fourth-order valence-corrected chi connectivity index (χ4v) is 5.44. The molecule has 0 spiro atoms. The van der Waals surface area contributed by atoms with Gasteiger partial charge >= 0.3 is 5.97 Å². The number of allylic oxidation sites excluding steroid dienone is 2. The van der Waals surface area contributed by atoms with Crippen molar-refractivity contribution in [1.29, 1.82) is 0 Å². The van der Waals surface area contributed by atoms with Crippen molar-refractivity contribution in [3.05, 3.63) is 71.8 Å². The molecule has 1 saturated heterocycles. The number of aryl methyl sites for hydroxylation is 2. The molecule has 6 nitrogen and oxygen atoms in total. The Labute approximate surface area is 232 Å². The van der Waals surface area contributed by atoms with Crippen molar-refractivity contribution in [2.24, 2.45) is 10.9 Å². The molecule has 6 heteroatoms. The number of para-hydroxylation sites is 1. The highest BCUT2D eigenvalue weighted by atomic mass is 16.5. The molecule has 2 N–H and O–H groups in total. The molecule has 0 radical (unpaired) electrons. The van der Waals surface area contributed by atoms with E-state index in [0.29, 0.717) is 24.8 Å². The van der Waals surface area contributed by atoms with Crippen molar-refractivity contribution in [3.63, 3.8) is 0 Å². The molecule has 1 atom stereocenters. The second-order valence-electron chi connectivity index (χ2n) is 10.8. The van der Waals surface area contributed by atoms with Gasteiger partial charge in [0.15, 0.2) is 5.82 Å². The van der Waals surface area contributed by atoms with E-state index in [4.69, 9.17) is 14.7 Å². The normalized spacial score (nSPS) is 19.1. The van der Waals surface area contributed by atoms with Crippen LogP contribution in [0, 0.1) is 12.8 Å². The molecular weight excluding hydrogens is 484 g/mol. The van der Waals surface area contributed by atoms with E-state index in [9.17, 15) is 4.79 Å². The number of nitrogens with zero attached hydrogens (tertiary/aromatic N) is 2. The summed E-state index contributed by atoms with van der Waals surface area (Å²) in [5.74, 6) is 1.10. The fourth-order valence-electron chi connectivity index (χ4n) is 5.44. The van der Waals surface area contributed by atoms with Crippen LogP contribution in [-0.4, -0.2) is 36.4 Å². The lowest BCUT2D eigenvalue weighted by atomic mass is 9.89. The number of ether oxygens (including phenoxy) is 1. The van der Waals surface area contributed by atoms with E-state index in [1.807, 2.05) is 18.2 Å². The molecule has 0 bridgehead atoms. The van der Waals surface area contributed by atoms with Crippen LogP contribution in [0.15, 0.2) is 65.7 Å². The number of fused-ring (bicyclic) bond motifs is 1. The first-order valence-corrected chi connectivity index (χ1v) is 14.4. The van der Waals surface area contributed by atoms with E-state index in [0.717, 1.165) is 65.0 Å². The average Bonchev–Trinajstić information content (AvgIpc) is 3.76. The predicted molar refractivity (Wildman–Crippen MR) is 160 cm³/mol. The first-order chi connectivity index (χ1) is 19.1. The monoisotopic (exact) mass is 524 g/mol. The molecule has 1 fully saturated rings. The summed E-state index contributed by atoms with van der Waals surface area (Å²) in [5, 5.41) is 8.23. The topological polar surface area (TPSA) is 85.5 Å². The quantitative estimate of drug-likeness (QED) is 0.132. The maximum Gasteiger partial charge on any atom is 0.305 e. The van der Waals surface area contributed by atoms with E-state index < -0.39 is 0 Å². The molecule has 2 aliphatic rings. The lowest BCUT2D eigenvalue weighted by Crippen LogP contribution is -2.18. The van der Waals surface area contributed by atoms with Crippen LogP contribution in [0.1, 0.15) is 62.5 Å². The van der Waals surface area contributed by atoms with Crippen LogP contribution in [0.3, 0.4) is 0 Å². The number of aliphatic imine (C=N–C) groups is 1. The van der Waals surface area contributed by atoms with Crippen LogP contribution < -0.4 is 10.6 Å². The minimum atomic E-state index is -0.191. The number of aromatic nitrogens is 1. The van der Waals surface area contributed by atoms with Gasteiger partial charge in [-0.05, 0) is 87.1 Å². The minimum Gasteiger partial charge on any atom is -0.469 e. The van der Waals surface area contributed by atoms with Gasteiger partial charge in [-0.25, -0.2) is 4.98 Å². The Morgan fingerprint density at radius 3 is 2.49 bits per heavy atom. The standard InChI is InChI=1S/C33H40N4O2/c1-23-28-13-9-10-14-29(28)37-33(35-26-18-15-24(16-19-26)17-20-31(38)39-2)32(23)36-30(21-27-22-34-27)25-11-7-5-3-4-6-8-12-25/h3-4,9-10,13-16,18-19,25,27,34H,5-8,11-12,17,20-22H2,1-2H3,(H,35,37)/b4-3-,36-30?. The number of pyridine rings is 1. The third kappa shape index (κ3) is 7.33. The summed E-state index contributed by atoms with van der Waals surface area (Å²) in [5.41, 5.74) is 6.43. The van der Waals surface area contributed by atoms with Crippen LogP contribution in [0.4, 0.5) is 17.2 Å². The summed E-state index contributed by atoms with van der Waals surface area (Å²) in [6, 6.07) is 17.1. The van der Waals surface area contributed by atoms with E-state index in [1.165, 1.54) is 38.5 Å². The van der Waals surface area contributed by atoms with Crippen LogP contribution >= 0.6 is 0 Å². The molecule has 1 aliphatic carbocycles. The van der Waals surface area contributed by atoms with Gasteiger partial charge in [-0.2, -0.15) is 0 Å². The summed E-state index contributed by atoms with van der Waals surface area (Å²) in [7, 11) is 1.43. The molecule has 39 heavy (non-hydrogen) atoms. The van der Waals surface area contributed by atoms with Crippen LogP contribution in [0.5, 0.6) is 0 Å². The Balaban J connectivity index is 1.48. The first-order valence-electron chi connectivity index (χ1n) is 14.4. The van der Waals surface area contributed by atoms with Gasteiger partial charge in [0, 0.05) is 42.2 Å². The van der Waals surface area contributed by atoms with E-state index in [2.05, 4.69) is 60.0 Å². The Morgan fingerprint density at radius 2 is 1.79 bits per heavy atom. The van der Waals surface area contributed by atoms with Gasteiger partial charge in [0.1, 0.15) is 5.69 Å². The second-order valence-corrected chi connectivity index (χ2v) is 10.8. The van der Waals surface area contributed by atoms with Gasteiger partial charge < -0.3 is 15.4 Å². The molecule has 3 aromatic rings. The lowest BCUT2D eigenvalue weighted by molar-refractivity contribution is -0.140. The maximum atomic E-state index is 11.5. The van der Waals surface area contributed by atoms with E-state index in [-0.39, 0.29) is 5.97 Å². The van der Waals surface area contributed by atoms with E-state index >= 15 is 0 Å². The Hall–Kier alpha value is -3.51. The van der Waals surface area contributed by atoms with Crippen LogP contribution in [-0.2, 0) is 16.0 Å². The Kier molecular flexibility index (Phi) is 9.04. The van der Waals surface area contributed by atoms with Gasteiger partial charge in [0.2, 0.25) is 0 Å². The fraction of sp³-hybridized carbons (Fsp3) is 0.424. The molecule has 2 heterocycles. The van der Waals surface area contributed by atoms with Gasteiger partial charge in [-0.3, -0.25) is 9.79 Å². The smallest absolute Gasteiger partial charge is 0.305 e. The molecule has 1 unspecified atom stereocenters. The van der Waals surface area contributed by atoms with Crippen molar-refractivity contribution in [2.45, 2.75) is 70.8 Å². The molecular formula is C33H40N4O2. The summed E-state index contributed by atoms with van der Waals surface area (Å²) in [4.78, 5) is 22.1. The number of rotatable bonds is 9. The number of hydrogen-bond acceptors (Lipinski definition) is 6. The number of carbonyl (C=O) groups is 1. The highest BCUT2D eigenvalue weighted by Gasteiger charge is 2.27. The molecule has 0 saturated carbocycles. The number of methoxy groups -OCH3 is 1. The zero-order valence-corrected chi connectivity index (χ0v) is 23.2. The second kappa shape index (κ2) is 13.0. The molecule has 5 rings (SSSR count). The van der Waals surface area contributed by atoms with Crippen molar-refractivity contribution in [2.75, 3.05) is 19.0 Å². The Morgan fingerprint density at radius 1 is 1.08 bits per heavy atom. The summed E-state index contributed by atoms with van der Waals surface area (Å²) >= 11 is 0. The third-order valence-corrected chi connectivity index (χ3v) is 7.87. The Bertz CT molecular complexity index is 1330. The number of benzene rings is 2. The predicted octanol–water partition coefficient (Wildman–Crippen LogP) is 7.35. The first kappa shape index (κ1) is 27.1. The summed E-state index contributed by atoms with van der Waals surface area (Å²) in [6.45, 7) is 3.25. The maximum absolute atomic E-state index is 11.5. The van der Waals surface area contributed by atoms with Gasteiger partial charge in [0.05, 0.1) is 12.6 Å². The zero-order valence-electron chi connectivity index (χ0n) is 23.2. The van der Waals surface area contributed by atoms with Crippen LogP contribution in [0.25, 0.3) is 10.9 Å². The number of carbonyl (C=O) groups excluding carboxylic acids is 1. The van der Waals surface area contributed by atoms with Crippen molar-refractivity contribution >= 4 is 39.8 Å². The average molecular weight is 525 g/mol. The van der Waals surface area contributed by atoms with Crippen molar-refractivity contribution < 1.29 is 9.53 Å². The van der Waals surface area contributed by atoms with E-state index in [1.54, 1.807) is 0 Å². The van der Waals surface area contributed by atoms with Gasteiger partial charge in [-0.15, -0.1) is 0 Å². The summed E-state index contributed by atoms with van der Waals surface area (Å²) in [6.07, 6.45) is 13.8.